The minimum atomic E-state index is -0.536. The van der Waals surface area contributed by atoms with Crippen LogP contribution >= 0.6 is 11.6 Å². The summed E-state index contributed by atoms with van der Waals surface area (Å²) < 4.78 is 6.36. The molecule has 1 amide bonds. The normalized spacial score (nSPS) is 11.8. The molecule has 8 heteroatoms. The van der Waals surface area contributed by atoms with Gasteiger partial charge in [0.1, 0.15) is 0 Å². The smallest absolute Gasteiger partial charge is 0.307 e. The minimum absolute atomic E-state index is 0.00305. The van der Waals surface area contributed by atoms with Crippen LogP contribution in [0.25, 0.3) is 10.9 Å². The molecule has 1 heterocycles. The summed E-state index contributed by atoms with van der Waals surface area (Å²) in [5, 5.41) is 8.10. The zero-order valence-corrected chi connectivity index (χ0v) is 16.6. The zero-order valence-electron chi connectivity index (χ0n) is 15.8. The number of benzene rings is 2. The van der Waals surface area contributed by atoms with E-state index in [2.05, 4.69) is 10.4 Å². The molecule has 0 radical (unpaired) electrons. The van der Waals surface area contributed by atoms with Gasteiger partial charge in [-0.15, -0.1) is 0 Å². The maximum atomic E-state index is 12.5. The van der Waals surface area contributed by atoms with Gasteiger partial charge in [-0.1, -0.05) is 35.9 Å². The third kappa shape index (κ3) is 5.20. The summed E-state index contributed by atoms with van der Waals surface area (Å²) in [4.78, 5) is 36.2. The number of ether oxygens (including phenoxy) is 1. The summed E-state index contributed by atoms with van der Waals surface area (Å²) in [5.74, 6) is -0.684. The number of amides is 1. The molecule has 29 heavy (non-hydrogen) atoms. The SMILES string of the molecule is COC(=O)C[C@H](NC(=O)CCn1ncc(=O)c2ccccc21)c1ccc(Cl)cc1. The van der Waals surface area contributed by atoms with Crippen molar-refractivity contribution in [1.82, 2.24) is 15.1 Å². The van der Waals surface area contributed by atoms with Crippen LogP contribution in [-0.2, 0) is 20.9 Å². The molecule has 3 aromatic rings. The van der Waals surface area contributed by atoms with Gasteiger partial charge in [0.2, 0.25) is 11.3 Å². The van der Waals surface area contributed by atoms with E-state index >= 15 is 0 Å². The lowest BCUT2D eigenvalue weighted by atomic mass is 10.0. The Morgan fingerprint density at radius 1 is 1.17 bits per heavy atom. The average molecular weight is 414 g/mol. The number of hydrogen-bond acceptors (Lipinski definition) is 5. The van der Waals surface area contributed by atoms with E-state index in [9.17, 15) is 14.4 Å². The van der Waals surface area contributed by atoms with Crippen LogP contribution in [0.3, 0.4) is 0 Å². The topological polar surface area (TPSA) is 90.3 Å². The van der Waals surface area contributed by atoms with Crippen molar-refractivity contribution in [2.45, 2.75) is 25.4 Å². The fourth-order valence-corrected chi connectivity index (χ4v) is 3.14. The Morgan fingerprint density at radius 2 is 1.90 bits per heavy atom. The van der Waals surface area contributed by atoms with Crippen molar-refractivity contribution in [3.05, 3.63) is 75.5 Å². The number of esters is 1. The van der Waals surface area contributed by atoms with Crippen molar-refractivity contribution in [2.24, 2.45) is 0 Å². The molecular formula is C21H20ClN3O4. The minimum Gasteiger partial charge on any atom is -0.469 e. The molecule has 0 bridgehead atoms. The monoisotopic (exact) mass is 413 g/mol. The maximum absolute atomic E-state index is 12.5. The van der Waals surface area contributed by atoms with Crippen molar-refractivity contribution in [3.8, 4) is 0 Å². The van der Waals surface area contributed by atoms with Crippen molar-refractivity contribution < 1.29 is 14.3 Å². The molecule has 3 rings (SSSR count). The molecule has 1 N–H and O–H groups in total. The largest absolute Gasteiger partial charge is 0.469 e. The van der Waals surface area contributed by atoms with E-state index < -0.39 is 12.0 Å². The van der Waals surface area contributed by atoms with Crippen molar-refractivity contribution in [1.29, 1.82) is 0 Å². The number of aromatic nitrogens is 2. The van der Waals surface area contributed by atoms with Crippen LogP contribution in [0.4, 0.5) is 0 Å². The van der Waals surface area contributed by atoms with Crippen molar-refractivity contribution >= 4 is 34.4 Å². The highest BCUT2D eigenvalue weighted by Crippen LogP contribution is 2.20. The number of para-hydroxylation sites is 1. The van der Waals surface area contributed by atoms with Gasteiger partial charge in [-0.2, -0.15) is 5.10 Å². The van der Waals surface area contributed by atoms with E-state index in [1.807, 2.05) is 6.07 Å². The van der Waals surface area contributed by atoms with E-state index in [1.165, 1.54) is 13.3 Å². The Labute approximate surface area is 172 Å². The van der Waals surface area contributed by atoms with E-state index in [-0.39, 0.29) is 30.7 Å². The van der Waals surface area contributed by atoms with E-state index in [1.54, 1.807) is 47.1 Å². The molecule has 0 aliphatic carbocycles. The number of methoxy groups -OCH3 is 1. The Kier molecular flexibility index (Phi) is 6.61. The predicted molar refractivity (Wildman–Crippen MR) is 110 cm³/mol. The number of nitrogens with one attached hydrogen (secondary N) is 1. The molecule has 150 valence electrons. The molecular weight excluding hydrogens is 394 g/mol. The summed E-state index contributed by atoms with van der Waals surface area (Å²) in [5.41, 5.74) is 1.25. The third-order valence-corrected chi connectivity index (χ3v) is 4.77. The first-order valence-electron chi connectivity index (χ1n) is 9.04. The number of halogens is 1. The van der Waals surface area contributed by atoms with Gasteiger partial charge in [0.05, 0.1) is 37.8 Å². The Hall–Kier alpha value is -3.19. The first-order chi connectivity index (χ1) is 14.0. The number of hydrogen-bond donors (Lipinski definition) is 1. The Bertz CT molecular complexity index is 1080. The lowest BCUT2D eigenvalue weighted by molar-refractivity contribution is -0.141. The lowest BCUT2D eigenvalue weighted by Gasteiger charge is -2.18. The Balaban J connectivity index is 1.72. The fraction of sp³-hybridized carbons (Fsp3) is 0.238. The lowest BCUT2D eigenvalue weighted by Crippen LogP contribution is -2.31. The predicted octanol–water partition coefficient (Wildman–Crippen LogP) is 2.86. The number of carbonyl (C=O) groups is 2. The van der Waals surface area contributed by atoms with Crippen molar-refractivity contribution in [2.75, 3.05) is 7.11 Å². The highest BCUT2D eigenvalue weighted by atomic mass is 35.5. The van der Waals surface area contributed by atoms with Gasteiger partial charge in [0.15, 0.2) is 0 Å². The van der Waals surface area contributed by atoms with Gasteiger partial charge >= 0.3 is 5.97 Å². The number of aryl methyl sites for hydroxylation is 1. The van der Waals surface area contributed by atoms with Gasteiger partial charge in [0.25, 0.3) is 0 Å². The van der Waals surface area contributed by atoms with Crippen LogP contribution < -0.4 is 10.7 Å². The molecule has 0 saturated carbocycles. The number of fused-ring (bicyclic) bond motifs is 1. The second-order valence-electron chi connectivity index (χ2n) is 6.45. The zero-order chi connectivity index (χ0) is 20.8. The van der Waals surface area contributed by atoms with E-state index in [4.69, 9.17) is 16.3 Å². The summed E-state index contributed by atoms with van der Waals surface area (Å²) in [6.07, 6.45) is 1.38. The molecule has 1 atom stereocenters. The van der Waals surface area contributed by atoms with Gasteiger partial charge in [0, 0.05) is 16.8 Å². The van der Waals surface area contributed by atoms with Gasteiger partial charge < -0.3 is 10.1 Å². The summed E-state index contributed by atoms with van der Waals surface area (Å²) in [7, 11) is 1.30. The first kappa shape index (κ1) is 20.5. The van der Waals surface area contributed by atoms with Crippen LogP contribution in [-0.4, -0.2) is 28.8 Å². The average Bonchev–Trinajstić information content (AvgIpc) is 2.73. The quantitative estimate of drug-likeness (QED) is 0.601. The molecule has 0 aliphatic heterocycles. The van der Waals surface area contributed by atoms with E-state index in [0.717, 1.165) is 5.56 Å². The van der Waals surface area contributed by atoms with Crippen LogP contribution in [0, 0.1) is 0 Å². The summed E-state index contributed by atoms with van der Waals surface area (Å²) in [6, 6.07) is 13.5. The number of nitrogens with zero attached hydrogens (tertiary/aromatic N) is 2. The van der Waals surface area contributed by atoms with Gasteiger partial charge in [-0.05, 0) is 29.8 Å². The van der Waals surface area contributed by atoms with Gasteiger partial charge in [-0.25, -0.2) is 0 Å². The molecule has 0 unspecified atom stereocenters. The maximum Gasteiger partial charge on any atom is 0.307 e. The molecule has 0 fully saturated rings. The molecule has 7 nitrogen and oxygen atoms in total. The molecule has 1 aromatic heterocycles. The molecule has 0 aliphatic rings. The highest BCUT2D eigenvalue weighted by molar-refractivity contribution is 6.30. The Morgan fingerprint density at radius 3 is 2.62 bits per heavy atom. The second-order valence-corrected chi connectivity index (χ2v) is 6.89. The van der Waals surface area contributed by atoms with Crippen LogP contribution in [0.15, 0.2) is 59.5 Å². The van der Waals surface area contributed by atoms with E-state index in [0.29, 0.717) is 15.9 Å². The molecule has 0 saturated heterocycles. The molecule has 2 aromatic carbocycles. The fourth-order valence-electron chi connectivity index (χ4n) is 3.01. The van der Waals surface area contributed by atoms with Gasteiger partial charge in [-0.3, -0.25) is 19.1 Å². The first-order valence-corrected chi connectivity index (χ1v) is 9.42. The summed E-state index contributed by atoms with van der Waals surface area (Å²) >= 11 is 5.92. The van der Waals surface area contributed by atoms with Crippen LogP contribution in [0.2, 0.25) is 5.02 Å². The highest BCUT2D eigenvalue weighted by Gasteiger charge is 2.19. The standard InChI is InChI=1S/C21H20ClN3O4/c1-29-21(28)12-17(14-6-8-15(22)9-7-14)24-20(27)10-11-25-18-5-3-2-4-16(18)19(26)13-23-25/h2-9,13,17H,10-12H2,1H3,(H,24,27)/t17-/m0/s1. The summed E-state index contributed by atoms with van der Waals surface area (Å²) in [6.45, 7) is 0.290. The third-order valence-electron chi connectivity index (χ3n) is 4.52. The number of rotatable bonds is 7. The second kappa shape index (κ2) is 9.34. The number of carbonyl (C=O) groups excluding carboxylic acids is 2. The molecule has 0 spiro atoms. The van der Waals surface area contributed by atoms with Crippen LogP contribution in [0.5, 0.6) is 0 Å². The van der Waals surface area contributed by atoms with Crippen LogP contribution in [0.1, 0.15) is 24.4 Å². The van der Waals surface area contributed by atoms with Crippen molar-refractivity contribution in [3.63, 3.8) is 0 Å².